The van der Waals surface area contributed by atoms with Crippen LogP contribution in [0.1, 0.15) is 39.6 Å². The molecule has 1 heterocycles. The third kappa shape index (κ3) is 5.34. The van der Waals surface area contributed by atoms with Gasteiger partial charge < -0.3 is 5.32 Å². The van der Waals surface area contributed by atoms with Gasteiger partial charge in [0.2, 0.25) is 5.91 Å². The number of benzene rings is 1. The summed E-state index contributed by atoms with van der Waals surface area (Å²) in [6.45, 7) is 7.47. The van der Waals surface area contributed by atoms with Crippen LogP contribution in [0.25, 0.3) is 5.69 Å². The van der Waals surface area contributed by atoms with Crippen LogP contribution < -0.4 is 5.32 Å². The average Bonchev–Trinajstić information content (AvgIpc) is 3.09. The van der Waals surface area contributed by atoms with E-state index in [1.165, 1.54) is 23.9 Å². The van der Waals surface area contributed by atoms with E-state index in [1.54, 1.807) is 19.1 Å². The summed E-state index contributed by atoms with van der Waals surface area (Å²) in [5, 5.41) is 21.3. The van der Waals surface area contributed by atoms with Crippen LogP contribution in [-0.2, 0) is 4.79 Å². The summed E-state index contributed by atoms with van der Waals surface area (Å²) in [7, 11) is 3.87. The van der Waals surface area contributed by atoms with E-state index in [-0.39, 0.29) is 29.4 Å². The molecule has 0 spiro atoms. The Morgan fingerprint density at radius 2 is 1.93 bits per heavy atom. The monoisotopic (exact) mass is 418 g/mol. The van der Waals surface area contributed by atoms with Gasteiger partial charge in [-0.05, 0) is 58.1 Å². The number of rotatable bonds is 8. The fourth-order valence-electron chi connectivity index (χ4n) is 2.47. The van der Waals surface area contributed by atoms with Crippen molar-refractivity contribution in [3.05, 3.63) is 35.9 Å². The SMILES string of the molecule is CC(C)[C@@](C)(C#N)NC(=O)CSc1nnc([C@@H](C)N(C)C)n1-c1ccc(F)cc1. The molecule has 0 saturated heterocycles. The second-order valence-corrected chi connectivity index (χ2v) is 8.54. The zero-order chi connectivity index (χ0) is 21.8. The lowest BCUT2D eigenvalue weighted by molar-refractivity contribution is -0.120. The van der Waals surface area contributed by atoms with Crippen molar-refractivity contribution in [2.24, 2.45) is 5.92 Å². The van der Waals surface area contributed by atoms with Crippen molar-refractivity contribution in [2.45, 2.75) is 44.4 Å². The summed E-state index contributed by atoms with van der Waals surface area (Å²) < 4.78 is 15.2. The van der Waals surface area contributed by atoms with Gasteiger partial charge in [0.15, 0.2) is 11.0 Å². The first-order chi connectivity index (χ1) is 13.6. The number of halogens is 1. The van der Waals surface area contributed by atoms with Crippen LogP contribution in [0, 0.1) is 23.1 Å². The minimum absolute atomic E-state index is 0.0307. The van der Waals surface area contributed by atoms with E-state index in [0.717, 1.165) is 0 Å². The summed E-state index contributed by atoms with van der Waals surface area (Å²) in [6, 6.07) is 8.18. The van der Waals surface area contributed by atoms with Crippen LogP contribution in [0.4, 0.5) is 4.39 Å². The molecule has 2 aromatic rings. The lowest BCUT2D eigenvalue weighted by atomic mass is 9.90. The van der Waals surface area contributed by atoms with Crippen molar-refractivity contribution in [3.8, 4) is 11.8 Å². The maximum absolute atomic E-state index is 13.4. The Balaban J connectivity index is 2.28. The number of nitrogens with one attached hydrogen (secondary N) is 1. The normalized spacial score (nSPS) is 14.5. The summed E-state index contributed by atoms with van der Waals surface area (Å²) >= 11 is 1.22. The van der Waals surface area contributed by atoms with Crippen molar-refractivity contribution in [1.29, 1.82) is 5.26 Å². The molecular weight excluding hydrogens is 391 g/mol. The Hall–Kier alpha value is -2.44. The van der Waals surface area contributed by atoms with Gasteiger partial charge in [-0.25, -0.2) is 4.39 Å². The Morgan fingerprint density at radius 3 is 2.45 bits per heavy atom. The smallest absolute Gasteiger partial charge is 0.231 e. The standard InChI is InChI=1S/C20H27FN6OS/c1-13(2)20(4,12-22)23-17(28)11-29-19-25-24-18(14(3)26(5)6)27(19)16-9-7-15(21)8-10-16/h7-10,13-14H,11H2,1-6H3,(H,23,28)/t14-,20-/m1/s1. The number of carbonyl (C=O) groups excluding carboxylic acids is 1. The lowest BCUT2D eigenvalue weighted by Gasteiger charge is -2.27. The Bertz CT molecular complexity index is 889. The number of nitriles is 1. The van der Waals surface area contributed by atoms with Crippen LogP contribution in [-0.4, -0.2) is 51.0 Å². The van der Waals surface area contributed by atoms with Gasteiger partial charge in [-0.2, -0.15) is 5.26 Å². The molecular formula is C20H27FN6OS. The first-order valence-electron chi connectivity index (χ1n) is 9.31. The summed E-state index contributed by atoms with van der Waals surface area (Å²) in [5.74, 6) is 0.149. The van der Waals surface area contributed by atoms with Gasteiger partial charge in [-0.15, -0.1) is 10.2 Å². The Kier molecular flexibility index (Phi) is 7.38. The number of nitrogens with zero attached hydrogens (tertiary/aromatic N) is 5. The minimum atomic E-state index is -0.938. The molecule has 0 radical (unpaired) electrons. The zero-order valence-electron chi connectivity index (χ0n) is 17.6. The highest BCUT2D eigenvalue weighted by molar-refractivity contribution is 7.99. The van der Waals surface area contributed by atoms with Gasteiger partial charge in [0.1, 0.15) is 11.4 Å². The van der Waals surface area contributed by atoms with Crippen LogP contribution in [0.15, 0.2) is 29.4 Å². The first-order valence-corrected chi connectivity index (χ1v) is 10.3. The molecule has 0 bridgehead atoms. The van der Waals surface area contributed by atoms with Crippen LogP contribution in [0.3, 0.4) is 0 Å². The fourth-order valence-corrected chi connectivity index (χ4v) is 3.23. The molecule has 0 fully saturated rings. The molecule has 1 aromatic heterocycles. The van der Waals surface area contributed by atoms with Crippen LogP contribution in [0.5, 0.6) is 0 Å². The summed E-state index contributed by atoms with van der Waals surface area (Å²) in [6.07, 6.45) is 0. The van der Waals surface area contributed by atoms with Crippen molar-refractivity contribution < 1.29 is 9.18 Å². The van der Waals surface area contributed by atoms with E-state index in [9.17, 15) is 14.4 Å². The molecule has 0 aliphatic rings. The molecule has 9 heteroatoms. The number of aromatic nitrogens is 3. The Labute approximate surface area is 175 Å². The molecule has 2 rings (SSSR count). The highest BCUT2D eigenvalue weighted by Gasteiger charge is 2.30. The second kappa shape index (κ2) is 9.37. The van der Waals surface area contributed by atoms with Crippen LogP contribution >= 0.6 is 11.8 Å². The number of hydrogen-bond donors (Lipinski definition) is 1. The molecule has 1 amide bonds. The van der Waals surface area contributed by atoms with Crippen LogP contribution in [0.2, 0.25) is 0 Å². The van der Waals surface area contributed by atoms with E-state index in [4.69, 9.17) is 0 Å². The predicted octanol–water partition coefficient (Wildman–Crippen LogP) is 3.18. The van der Waals surface area contributed by atoms with Gasteiger partial charge in [0.05, 0.1) is 17.9 Å². The lowest BCUT2D eigenvalue weighted by Crippen LogP contribution is -2.49. The molecule has 1 aromatic carbocycles. The minimum Gasteiger partial charge on any atom is -0.337 e. The van der Waals surface area contributed by atoms with Crippen molar-refractivity contribution in [1.82, 2.24) is 25.0 Å². The second-order valence-electron chi connectivity index (χ2n) is 7.60. The summed E-state index contributed by atoms with van der Waals surface area (Å²) in [5.41, 5.74) is -0.223. The molecule has 156 valence electrons. The molecule has 2 atom stereocenters. The fraction of sp³-hybridized carbons (Fsp3) is 0.500. The van der Waals surface area contributed by atoms with Gasteiger partial charge in [0.25, 0.3) is 0 Å². The number of thioether (sulfide) groups is 1. The molecule has 0 aliphatic carbocycles. The van der Waals surface area contributed by atoms with Gasteiger partial charge >= 0.3 is 0 Å². The quantitative estimate of drug-likeness (QED) is 0.663. The molecule has 0 saturated carbocycles. The first kappa shape index (κ1) is 22.8. The van der Waals surface area contributed by atoms with E-state index < -0.39 is 5.54 Å². The highest BCUT2D eigenvalue weighted by Crippen LogP contribution is 2.27. The van der Waals surface area contributed by atoms with Gasteiger partial charge in [-0.3, -0.25) is 14.3 Å². The maximum atomic E-state index is 13.4. The number of hydrogen-bond acceptors (Lipinski definition) is 6. The predicted molar refractivity (Wildman–Crippen MR) is 111 cm³/mol. The van der Waals surface area contributed by atoms with E-state index >= 15 is 0 Å². The van der Waals surface area contributed by atoms with Crippen molar-refractivity contribution >= 4 is 17.7 Å². The third-order valence-electron chi connectivity index (χ3n) is 5.01. The molecule has 29 heavy (non-hydrogen) atoms. The molecule has 7 nitrogen and oxygen atoms in total. The van der Waals surface area contributed by atoms with Crippen molar-refractivity contribution in [2.75, 3.05) is 19.8 Å². The molecule has 0 unspecified atom stereocenters. The highest BCUT2D eigenvalue weighted by atomic mass is 32.2. The summed E-state index contributed by atoms with van der Waals surface area (Å²) in [4.78, 5) is 14.4. The number of amides is 1. The van der Waals surface area contributed by atoms with Crippen molar-refractivity contribution in [3.63, 3.8) is 0 Å². The molecule has 1 N–H and O–H groups in total. The topological polar surface area (TPSA) is 86.8 Å². The van der Waals surface area contributed by atoms with Gasteiger partial charge in [-0.1, -0.05) is 25.6 Å². The molecule has 0 aliphatic heterocycles. The zero-order valence-corrected chi connectivity index (χ0v) is 18.4. The van der Waals surface area contributed by atoms with E-state index in [0.29, 0.717) is 16.7 Å². The van der Waals surface area contributed by atoms with E-state index in [2.05, 4.69) is 21.6 Å². The largest absolute Gasteiger partial charge is 0.337 e. The Morgan fingerprint density at radius 1 is 1.31 bits per heavy atom. The van der Waals surface area contributed by atoms with Gasteiger partial charge in [0, 0.05) is 5.69 Å². The average molecular weight is 419 g/mol. The van der Waals surface area contributed by atoms with E-state index in [1.807, 2.05) is 44.3 Å². The third-order valence-corrected chi connectivity index (χ3v) is 5.94. The maximum Gasteiger partial charge on any atom is 0.231 e. The number of carbonyl (C=O) groups is 1.